The molecular formula is C14H16FN3O2. The molecule has 2 aromatic rings. The monoisotopic (exact) mass is 277 g/mol. The molecule has 0 fully saturated rings. The van der Waals surface area contributed by atoms with Crippen molar-refractivity contribution in [3.63, 3.8) is 0 Å². The van der Waals surface area contributed by atoms with E-state index in [0.717, 1.165) is 5.56 Å². The van der Waals surface area contributed by atoms with Crippen LogP contribution in [-0.4, -0.2) is 24.1 Å². The van der Waals surface area contributed by atoms with E-state index in [4.69, 9.17) is 9.47 Å². The third-order valence-corrected chi connectivity index (χ3v) is 2.58. The molecule has 0 spiro atoms. The lowest BCUT2D eigenvalue weighted by molar-refractivity contribution is 0.177. The molecule has 6 heteroatoms. The molecule has 0 unspecified atom stereocenters. The second kappa shape index (κ2) is 6.29. The van der Waals surface area contributed by atoms with Crippen LogP contribution in [0.4, 0.5) is 10.2 Å². The summed E-state index contributed by atoms with van der Waals surface area (Å²) in [5, 5.41) is 2.90. The molecular weight excluding hydrogens is 261 g/mol. The van der Waals surface area contributed by atoms with Gasteiger partial charge in [-0.1, -0.05) is 6.07 Å². The lowest BCUT2D eigenvalue weighted by atomic mass is 10.2. The number of halogens is 1. The Hall–Kier alpha value is -2.21. The summed E-state index contributed by atoms with van der Waals surface area (Å²) in [7, 11) is 3.28. The van der Waals surface area contributed by atoms with Crippen molar-refractivity contribution in [2.45, 2.75) is 13.5 Å². The van der Waals surface area contributed by atoms with Gasteiger partial charge in [-0.3, -0.25) is 0 Å². The van der Waals surface area contributed by atoms with Crippen LogP contribution in [0.3, 0.4) is 0 Å². The molecule has 0 saturated carbocycles. The number of benzene rings is 1. The quantitative estimate of drug-likeness (QED) is 0.910. The third-order valence-electron chi connectivity index (χ3n) is 2.58. The van der Waals surface area contributed by atoms with Gasteiger partial charge >= 0.3 is 0 Å². The van der Waals surface area contributed by atoms with Crippen LogP contribution >= 0.6 is 0 Å². The maximum Gasteiger partial charge on any atom is 0.224 e. The van der Waals surface area contributed by atoms with Gasteiger partial charge in [0, 0.05) is 20.2 Å². The minimum absolute atomic E-state index is 0.133. The topological polar surface area (TPSA) is 56.3 Å². The molecule has 0 atom stereocenters. The summed E-state index contributed by atoms with van der Waals surface area (Å²) < 4.78 is 24.2. The van der Waals surface area contributed by atoms with Gasteiger partial charge < -0.3 is 14.8 Å². The van der Waals surface area contributed by atoms with Crippen LogP contribution in [0.25, 0.3) is 0 Å². The van der Waals surface area contributed by atoms with Gasteiger partial charge in [-0.15, -0.1) is 0 Å². The normalized spacial score (nSPS) is 10.4. The zero-order chi connectivity index (χ0) is 14.5. The molecule has 5 nitrogen and oxygen atoms in total. The first-order valence-corrected chi connectivity index (χ1v) is 6.11. The molecule has 2 rings (SSSR count). The van der Waals surface area contributed by atoms with Crippen molar-refractivity contribution >= 4 is 5.82 Å². The van der Waals surface area contributed by atoms with Gasteiger partial charge in [0.2, 0.25) is 5.88 Å². The van der Waals surface area contributed by atoms with Crippen LogP contribution in [0.2, 0.25) is 0 Å². The first-order chi connectivity index (χ1) is 9.62. The van der Waals surface area contributed by atoms with Crippen molar-refractivity contribution in [1.29, 1.82) is 0 Å². The van der Waals surface area contributed by atoms with E-state index in [1.165, 1.54) is 6.07 Å². The highest BCUT2D eigenvalue weighted by Gasteiger charge is 2.09. The van der Waals surface area contributed by atoms with E-state index in [1.54, 1.807) is 32.4 Å². The van der Waals surface area contributed by atoms with Gasteiger partial charge in [0.15, 0.2) is 17.4 Å². The lowest BCUT2D eigenvalue weighted by Gasteiger charge is -2.09. The minimum Gasteiger partial charge on any atom is -0.436 e. The number of rotatable bonds is 5. The second-order valence-electron chi connectivity index (χ2n) is 4.23. The summed E-state index contributed by atoms with van der Waals surface area (Å²) in [4.78, 5) is 8.37. The molecule has 0 aliphatic carbocycles. The van der Waals surface area contributed by atoms with Crippen LogP contribution < -0.4 is 10.1 Å². The predicted octanol–water partition coefficient (Wildman–Crippen LogP) is 2.90. The molecule has 0 radical (unpaired) electrons. The van der Waals surface area contributed by atoms with Crippen molar-refractivity contribution in [3.8, 4) is 11.6 Å². The van der Waals surface area contributed by atoms with Crippen molar-refractivity contribution in [1.82, 2.24) is 9.97 Å². The second-order valence-corrected chi connectivity index (χ2v) is 4.23. The molecule has 0 bridgehead atoms. The molecule has 106 valence electrons. The number of hydrogen-bond acceptors (Lipinski definition) is 5. The molecule has 20 heavy (non-hydrogen) atoms. The van der Waals surface area contributed by atoms with E-state index in [1.807, 2.05) is 6.92 Å². The van der Waals surface area contributed by atoms with Crippen LogP contribution in [-0.2, 0) is 11.3 Å². The lowest BCUT2D eigenvalue weighted by Crippen LogP contribution is -2.03. The fourth-order valence-electron chi connectivity index (χ4n) is 1.65. The van der Waals surface area contributed by atoms with Crippen LogP contribution in [0.5, 0.6) is 11.6 Å². The summed E-state index contributed by atoms with van der Waals surface area (Å²) >= 11 is 0. The number of anilines is 1. The maximum atomic E-state index is 13.7. The Labute approximate surface area is 116 Å². The summed E-state index contributed by atoms with van der Waals surface area (Å²) in [6.07, 6.45) is 0. The number of nitrogens with zero attached hydrogens (tertiary/aromatic N) is 2. The number of methoxy groups -OCH3 is 1. The molecule has 0 aliphatic rings. The summed E-state index contributed by atoms with van der Waals surface area (Å²) in [6, 6.07) is 6.26. The first kappa shape index (κ1) is 14.2. The molecule has 0 amide bonds. The molecule has 0 aliphatic heterocycles. The Morgan fingerprint density at radius 1 is 1.25 bits per heavy atom. The number of ether oxygens (including phenoxy) is 2. The van der Waals surface area contributed by atoms with E-state index in [-0.39, 0.29) is 18.2 Å². The Balaban J connectivity index is 2.32. The molecule has 1 aromatic carbocycles. The van der Waals surface area contributed by atoms with Crippen LogP contribution in [0.1, 0.15) is 11.4 Å². The molecule has 1 heterocycles. The van der Waals surface area contributed by atoms with Gasteiger partial charge in [-0.2, -0.15) is 4.98 Å². The van der Waals surface area contributed by atoms with Gasteiger partial charge in [0.05, 0.1) is 0 Å². The van der Waals surface area contributed by atoms with Crippen molar-refractivity contribution in [3.05, 3.63) is 41.5 Å². The highest BCUT2D eigenvalue weighted by Crippen LogP contribution is 2.25. The Bertz CT molecular complexity index is 605. The third kappa shape index (κ3) is 3.42. The first-order valence-electron chi connectivity index (χ1n) is 6.11. The zero-order valence-corrected chi connectivity index (χ0v) is 11.6. The van der Waals surface area contributed by atoms with Crippen molar-refractivity contribution in [2.75, 3.05) is 19.5 Å². The van der Waals surface area contributed by atoms with E-state index in [2.05, 4.69) is 15.3 Å². The van der Waals surface area contributed by atoms with Gasteiger partial charge in [0.1, 0.15) is 12.4 Å². The number of aryl methyl sites for hydroxylation is 1. The molecule has 1 aromatic heterocycles. The van der Waals surface area contributed by atoms with Gasteiger partial charge in [-0.25, -0.2) is 9.37 Å². The fourth-order valence-corrected chi connectivity index (χ4v) is 1.65. The Kier molecular flexibility index (Phi) is 4.47. The van der Waals surface area contributed by atoms with E-state index >= 15 is 0 Å². The van der Waals surface area contributed by atoms with Gasteiger partial charge in [-0.05, 0) is 24.6 Å². The average Bonchev–Trinajstić information content (AvgIpc) is 2.43. The number of hydrogen-bond donors (Lipinski definition) is 1. The van der Waals surface area contributed by atoms with Crippen molar-refractivity contribution < 1.29 is 13.9 Å². The summed E-state index contributed by atoms with van der Waals surface area (Å²) in [5.41, 5.74) is 0.904. The summed E-state index contributed by atoms with van der Waals surface area (Å²) in [6.45, 7) is 2.11. The molecule has 0 saturated heterocycles. The number of aromatic nitrogens is 2. The maximum absolute atomic E-state index is 13.7. The summed E-state index contributed by atoms with van der Waals surface area (Å²) in [5.74, 6) is 1.00. The van der Waals surface area contributed by atoms with Crippen molar-refractivity contribution in [2.24, 2.45) is 0 Å². The van der Waals surface area contributed by atoms with E-state index < -0.39 is 5.82 Å². The smallest absolute Gasteiger partial charge is 0.224 e. The highest BCUT2D eigenvalue weighted by molar-refractivity contribution is 5.40. The van der Waals surface area contributed by atoms with Crippen LogP contribution in [0, 0.1) is 12.7 Å². The largest absolute Gasteiger partial charge is 0.436 e. The zero-order valence-electron chi connectivity index (χ0n) is 11.6. The molecule has 1 N–H and O–H groups in total. The van der Waals surface area contributed by atoms with Crippen LogP contribution in [0.15, 0.2) is 24.3 Å². The number of nitrogens with one attached hydrogen (secondary N) is 1. The predicted molar refractivity (Wildman–Crippen MR) is 73.5 cm³/mol. The Morgan fingerprint density at radius 3 is 2.75 bits per heavy atom. The van der Waals surface area contributed by atoms with Gasteiger partial charge in [0.25, 0.3) is 0 Å². The Morgan fingerprint density at radius 2 is 2.05 bits per heavy atom. The SMILES string of the molecule is CNc1cc(Oc2cc(C)ccc2F)nc(COC)n1. The fraction of sp³-hybridized carbons (Fsp3) is 0.286. The highest BCUT2D eigenvalue weighted by atomic mass is 19.1. The standard InChI is InChI=1S/C14H16FN3O2/c1-9-4-5-10(15)11(6-9)20-14-7-12(16-2)17-13(18-14)8-19-3/h4-7H,8H2,1-3H3,(H,16,17,18). The average molecular weight is 277 g/mol. The van der Waals surface area contributed by atoms with E-state index in [9.17, 15) is 4.39 Å². The van der Waals surface area contributed by atoms with E-state index in [0.29, 0.717) is 11.6 Å². The minimum atomic E-state index is -0.437.